The predicted molar refractivity (Wildman–Crippen MR) is 95.8 cm³/mol. The molecule has 0 saturated heterocycles. The first-order chi connectivity index (χ1) is 9.68. The molecule has 0 bridgehead atoms. The molecule has 1 rings (SSSR count). The minimum atomic E-state index is 0.345. The van der Waals surface area contributed by atoms with Crippen LogP contribution in [0.5, 0.6) is 0 Å². The van der Waals surface area contributed by atoms with Gasteiger partial charge in [-0.15, -0.1) is 0 Å². The Morgan fingerprint density at radius 1 is 0.952 bits per heavy atom. The first-order valence-corrected chi connectivity index (χ1v) is 8.73. The SMILES string of the molecule is CCCCCC(C)(C)C(Cc1ccccc1C)C(C)(C)C. The van der Waals surface area contributed by atoms with Gasteiger partial charge in [0.15, 0.2) is 0 Å². The van der Waals surface area contributed by atoms with Crippen molar-refractivity contribution in [2.75, 3.05) is 0 Å². The second kappa shape index (κ2) is 7.47. The fourth-order valence-electron chi connectivity index (χ4n) is 3.82. The Balaban J connectivity index is 2.93. The van der Waals surface area contributed by atoms with Crippen LogP contribution in [0, 0.1) is 23.7 Å². The van der Waals surface area contributed by atoms with Crippen molar-refractivity contribution in [3.63, 3.8) is 0 Å². The van der Waals surface area contributed by atoms with Gasteiger partial charge < -0.3 is 0 Å². The van der Waals surface area contributed by atoms with Crippen LogP contribution in [0.1, 0.15) is 78.4 Å². The minimum absolute atomic E-state index is 0.345. The maximum absolute atomic E-state index is 2.48. The lowest BCUT2D eigenvalue weighted by Crippen LogP contribution is -2.36. The second-order valence-corrected chi connectivity index (χ2v) is 8.49. The summed E-state index contributed by atoms with van der Waals surface area (Å²) in [6.07, 6.45) is 6.59. The van der Waals surface area contributed by atoms with E-state index in [4.69, 9.17) is 0 Å². The van der Waals surface area contributed by atoms with E-state index >= 15 is 0 Å². The second-order valence-electron chi connectivity index (χ2n) is 8.49. The summed E-state index contributed by atoms with van der Waals surface area (Å²) in [4.78, 5) is 0. The summed E-state index contributed by atoms with van der Waals surface area (Å²) in [5.41, 5.74) is 3.71. The van der Waals surface area contributed by atoms with Crippen LogP contribution in [-0.2, 0) is 6.42 Å². The van der Waals surface area contributed by atoms with Gasteiger partial charge in [-0.3, -0.25) is 0 Å². The van der Waals surface area contributed by atoms with Crippen molar-refractivity contribution in [1.82, 2.24) is 0 Å². The normalized spacial score (nSPS) is 14.2. The highest BCUT2D eigenvalue weighted by Crippen LogP contribution is 2.45. The van der Waals surface area contributed by atoms with Crippen molar-refractivity contribution in [3.05, 3.63) is 35.4 Å². The molecule has 0 radical (unpaired) electrons. The van der Waals surface area contributed by atoms with Crippen LogP contribution in [0.15, 0.2) is 24.3 Å². The zero-order chi connectivity index (χ0) is 16.1. The molecule has 0 nitrogen and oxygen atoms in total. The third kappa shape index (κ3) is 5.49. The van der Waals surface area contributed by atoms with Gasteiger partial charge in [0.05, 0.1) is 0 Å². The number of hydrogen-bond acceptors (Lipinski definition) is 0. The Morgan fingerprint density at radius 3 is 2.10 bits per heavy atom. The number of benzene rings is 1. The van der Waals surface area contributed by atoms with Gasteiger partial charge in [0.1, 0.15) is 0 Å². The van der Waals surface area contributed by atoms with E-state index in [1.807, 2.05) is 0 Å². The molecule has 0 aliphatic rings. The molecule has 1 aromatic rings. The molecule has 120 valence electrons. The Labute approximate surface area is 133 Å². The fraction of sp³-hybridized carbons (Fsp3) is 0.714. The first-order valence-electron chi connectivity index (χ1n) is 8.73. The van der Waals surface area contributed by atoms with Crippen molar-refractivity contribution in [1.29, 1.82) is 0 Å². The topological polar surface area (TPSA) is 0 Å². The van der Waals surface area contributed by atoms with Crippen LogP contribution in [0.3, 0.4) is 0 Å². The highest BCUT2D eigenvalue weighted by atomic mass is 14.4. The van der Waals surface area contributed by atoms with Crippen LogP contribution < -0.4 is 0 Å². The fourth-order valence-corrected chi connectivity index (χ4v) is 3.82. The molecule has 0 heterocycles. The Kier molecular flexibility index (Phi) is 6.50. The van der Waals surface area contributed by atoms with E-state index in [-0.39, 0.29) is 0 Å². The monoisotopic (exact) mass is 288 g/mol. The minimum Gasteiger partial charge on any atom is -0.0654 e. The van der Waals surface area contributed by atoms with Crippen LogP contribution in [0.25, 0.3) is 0 Å². The zero-order valence-electron chi connectivity index (χ0n) is 15.4. The highest BCUT2D eigenvalue weighted by molar-refractivity contribution is 5.26. The molecule has 0 aliphatic carbocycles. The largest absolute Gasteiger partial charge is 0.0654 e. The molecule has 0 amide bonds. The number of hydrogen-bond donors (Lipinski definition) is 0. The Bertz CT molecular complexity index is 420. The maximum Gasteiger partial charge on any atom is -0.0238 e. The zero-order valence-corrected chi connectivity index (χ0v) is 15.4. The quantitative estimate of drug-likeness (QED) is 0.484. The molecule has 0 aromatic heterocycles. The molecule has 1 atom stereocenters. The van der Waals surface area contributed by atoms with Crippen LogP contribution >= 0.6 is 0 Å². The van der Waals surface area contributed by atoms with Crippen molar-refractivity contribution >= 4 is 0 Å². The van der Waals surface area contributed by atoms with Crippen LogP contribution in [0.2, 0.25) is 0 Å². The van der Waals surface area contributed by atoms with Gasteiger partial charge >= 0.3 is 0 Å². The molecule has 0 heteroatoms. The highest BCUT2D eigenvalue weighted by Gasteiger charge is 2.37. The van der Waals surface area contributed by atoms with Crippen LogP contribution in [0.4, 0.5) is 0 Å². The van der Waals surface area contributed by atoms with Gasteiger partial charge in [0, 0.05) is 0 Å². The van der Waals surface area contributed by atoms with Crippen molar-refractivity contribution in [2.45, 2.75) is 80.6 Å². The lowest BCUT2D eigenvalue weighted by molar-refractivity contribution is 0.0754. The van der Waals surface area contributed by atoms with Gasteiger partial charge in [-0.1, -0.05) is 85.1 Å². The standard InChI is InChI=1S/C21H36/c1-8-9-12-15-21(6,7)19(20(3,4)5)16-18-14-11-10-13-17(18)2/h10-11,13-14,19H,8-9,12,15-16H2,1-7H3. The van der Waals surface area contributed by atoms with Crippen molar-refractivity contribution < 1.29 is 0 Å². The molecule has 0 saturated carbocycles. The molecular weight excluding hydrogens is 252 g/mol. The molecule has 0 N–H and O–H groups in total. The third-order valence-electron chi connectivity index (χ3n) is 5.10. The third-order valence-corrected chi connectivity index (χ3v) is 5.10. The summed E-state index contributed by atoms with van der Waals surface area (Å²) in [6.45, 7) is 16.8. The summed E-state index contributed by atoms with van der Waals surface area (Å²) in [5.74, 6) is 0.711. The van der Waals surface area contributed by atoms with E-state index in [0.29, 0.717) is 16.7 Å². The molecule has 0 spiro atoms. The van der Waals surface area contributed by atoms with Gasteiger partial charge in [0.2, 0.25) is 0 Å². The van der Waals surface area contributed by atoms with E-state index in [2.05, 4.69) is 72.7 Å². The number of unbranched alkanes of at least 4 members (excludes halogenated alkanes) is 2. The average Bonchev–Trinajstić information content (AvgIpc) is 2.36. The van der Waals surface area contributed by atoms with Gasteiger partial charge in [0.25, 0.3) is 0 Å². The summed E-state index contributed by atoms with van der Waals surface area (Å²) in [6, 6.07) is 8.90. The van der Waals surface area contributed by atoms with Crippen molar-refractivity contribution in [2.24, 2.45) is 16.7 Å². The van der Waals surface area contributed by atoms with Gasteiger partial charge in [-0.2, -0.15) is 0 Å². The lowest BCUT2D eigenvalue weighted by Gasteiger charge is -2.43. The number of rotatable bonds is 7. The predicted octanol–water partition coefficient (Wildman–Crippen LogP) is 6.81. The van der Waals surface area contributed by atoms with E-state index in [0.717, 1.165) is 0 Å². The molecule has 0 aliphatic heterocycles. The smallest absolute Gasteiger partial charge is 0.0238 e. The first kappa shape index (κ1) is 18.3. The molecular formula is C21H36. The van der Waals surface area contributed by atoms with Gasteiger partial charge in [-0.25, -0.2) is 0 Å². The summed E-state index contributed by atoms with van der Waals surface area (Å²) in [7, 11) is 0. The summed E-state index contributed by atoms with van der Waals surface area (Å²) in [5, 5.41) is 0. The Morgan fingerprint density at radius 2 is 1.57 bits per heavy atom. The average molecular weight is 289 g/mol. The summed E-state index contributed by atoms with van der Waals surface area (Å²) < 4.78 is 0. The maximum atomic E-state index is 2.48. The molecule has 21 heavy (non-hydrogen) atoms. The van der Waals surface area contributed by atoms with Crippen LogP contribution in [-0.4, -0.2) is 0 Å². The van der Waals surface area contributed by atoms with E-state index in [1.165, 1.54) is 43.2 Å². The van der Waals surface area contributed by atoms with Gasteiger partial charge in [-0.05, 0) is 47.6 Å². The summed E-state index contributed by atoms with van der Waals surface area (Å²) >= 11 is 0. The van der Waals surface area contributed by atoms with E-state index in [9.17, 15) is 0 Å². The molecule has 1 unspecified atom stereocenters. The lowest BCUT2D eigenvalue weighted by atomic mass is 9.61. The van der Waals surface area contributed by atoms with E-state index in [1.54, 1.807) is 0 Å². The molecule has 1 aromatic carbocycles. The van der Waals surface area contributed by atoms with Crippen molar-refractivity contribution in [3.8, 4) is 0 Å². The van der Waals surface area contributed by atoms with E-state index < -0.39 is 0 Å². The Hall–Kier alpha value is -0.780. The number of aryl methyl sites for hydroxylation is 1. The molecule has 0 fully saturated rings.